The van der Waals surface area contributed by atoms with Crippen LogP contribution < -0.4 is 10.8 Å². The van der Waals surface area contributed by atoms with Crippen LogP contribution in [0.2, 0.25) is 0 Å². The molecule has 170 valence electrons. The average molecular weight is 441 g/mol. The van der Waals surface area contributed by atoms with E-state index in [9.17, 15) is 14.0 Å². The fraction of sp³-hybridized carbons (Fsp3) is 0.417. The summed E-state index contributed by atoms with van der Waals surface area (Å²) >= 11 is 0. The van der Waals surface area contributed by atoms with Gasteiger partial charge in [0.25, 0.3) is 0 Å². The van der Waals surface area contributed by atoms with Gasteiger partial charge in [-0.05, 0) is 96.4 Å². The lowest BCUT2D eigenvalue weighted by molar-refractivity contribution is 0.00578. The molecule has 1 aliphatic rings. The minimum absolute atomic E-state index is 0.307. The second-order valence-electron chi connectivity index (χ2n) is 9.85. The molecular weight excluding hydrogens is 412 g/mol. The number of benzene rings is 2. The second-order valence-corrected chi connectivity index (χ2v) is 9.85. The number of anilines is 1. The molecule has 1 saturated heterocycles. The largest absolute Gasteiger partial charge is 0.495 e. The van der Waals surface area contributed by atoms with E-state index < -0.39 is 35.8 Å². The highest BCUT2D eigenvalue weighted by molar-refractivity contribution is 6.64. The zero-order valence-corrected chi connectivity index (χ0v) is 19.5. The van der Waals surface area contributed by atoms with E-state index in [0.717, 1.165) is 0 Å². The van der Waals surface area contributed by atoms with Crippen LogP contribution in [0.1, 0.15) is 64.4 Å². The number of carbonyl (C=O) groups excluding carboxylic acids is 2. The lowest BCUT2D eigenvalue weighted by Crippen LogP contribution is -2.41. The molecule has 6 nitrogen and oxygen atoms in total. The van der Waals surface area contributed by atoms with E-state index in [0.29, 0.717) is 22.3 Å². The molecule has 0 aromatic heterocycles. The molecule has 2 aromatic carbocycles. The third-order valence-electron chi connectivity index (χ3n) is 5.56. The minimum Gasteiger partial charge on any atom is -0.444 e. The van der Waals surface area contributed by atoms with Crippen molar-refractivity contribution in [2.75, 3.05) is 5.32 Å². The summed E-state index contributed by atoms with van der Waals surface area (Å²) in [7, 11) is -0.834. The van der Waals surface area contributed by atoms with Gasteiger partial charge in [-0.1, -0.05) is 0 Å². The Morgan fingerprint density at radius 3 is 2.06 bits per heavy atom. The second kappa shape index (κ2) is 8.33. The SMILES string of the molecule is CC(C)(C)OC(=O)Nc1ccc(C(=O)c2ccc(F)cc2)c(B2OC(C)(C)C(C)(C)O2)c1. The quantitative estimate of drug-likeness (QED) is 0.550. The summed E-state index contributed by atoms with van der Waals surface area (Å²) in [6.45, 7) is 13.0. The normalized spacial score (nSPS) is 17.2. The predicted molar refractivity (Wildman–Crippen MR) is 122 cm³/mol. The van der Waals surface area contributed by atoms with Crippen LogP contribution in [0.4, 0.5) is 14.9 Å². The lowest BCUT2D eigenvalue weighted by atomic mass is 9.74. The first-order chi connectivity index (χ1) is 14.7. The summed E-state index contributed by atoms with van der Waals surface area (Å²) in [6.07, 6.45) is -0.616. The fourth-order valence-electron chi connectivity index (χ4n) is 3.19. The average Bonchev–Trinajstić information content (AvgIpc) is 2.87. The molecule has 0 spiro atoms. The highest BCUT2D eigenvalue weighted by Crippen LogP contribution is 2.37. The van der Waals surface area contributed by atoms with E-state index >= 15 is 0 Å². The summed E-state index contributed by atoms with van der Waals surface area (Å²) in [5.41, 5.74) is -0.338. The number of hydrogen-bond donors (Lipinski definition) is 1. The molecule has 1 amide bonds. The van der Waals surface area contributed by atoms with E-state index in [1.807, 2.05) is 27.7 Å². The molecule has 0 saturated carbocycles. The Bertz CT molecular complexity index is 1010. The van der Waals surface area contributed by atoms with Crippen molar-refractivity contribution in [3.8, 4) is 0 Å². The van der Waals surface area contributed by atoms with Crippen molar-refractivity contribution in [2.24, 2.45) is 0 Å². The zero-order chi connectivity index (χ0) is 23.9. The number of halogens is 1. The van der Waals surface area contributed by atoms with Gasteiger partial charge in [-0.2, -0.15) is 0 Å². The van der Waals surface area contributed by atoms with Gasteiger partial charge in [0, 0.05) is 16.8 Å². The van der Waals surface area contributed by atoms with Crippen LogP contribution in [0.3, 0.4) is 0 Å². The van der Waals surface area contributed by atoms with Crippen LogP contribution in [0, 0.1) is 5.82 Å². The Labute approximate surface area is 188 Å². The minimum atomic E-state index is -0.834. The molecule has 2 aromatic rings. The van der Waals surface area contributed by atoms with Gasteiger partial charge in [-0.15, -0.1) is 0 Å². The molecular formula is C24H29BFNO5. The Balaban J connectivity index is 2.00. The van der Waals surface area contributed by atoms with Gasteiger partial charge >= 0.3 is 13.2 Å². The van der Waals surface area contributed by atoms with Crippen molar-refractivity contribution in [1.29, 1.82) is 0 Å². The molecule has 0 radical (unpaired) electrons. The maximum Gasteiger partial charge on any atom is 0.495 e. The molecule has 0 aliphatic carbocycles. The third-order valence-corrected chi connectivity index (χ3v) is 5.56. The number of nitrogens with one attached hydrogen (secondary N) is 1. The number of ether oxygens (including phenoxy) is 1. The molecule has 3 rings (SSSR count). The first kappa shape index (κ1) is 23.9. The Morgan fingerprint density at radius 1 is 0.969 bits per heavy atom. The maximum absolute atomic E-state index is 13.3. The van der Waals surface area contributed by atoms with Crippen molar-refractivity contribution in [3.63, 3.8) is 0 Å². The molecule has 1 fully saturated rings. The summed E-state index contributed by atoms with van der Waals surface area (Å²) in [5.74, 6) is -0.733. The van der Waals surface area contributed by atoms with Crippen molar-refractivity contribution in [3.05, 3.63) is 59.4 Å². The summed E-state index contributed by atoms with van der Waals surface area (Å²) in [4.78, 5) is 25.5. The number of rotatable bonds is 4. The Morgan fingerprint density at radius 2 is 1.53 bits per heavy atom. The first-order valence-corrected chi connectivity index (χ1v) is 10.5. The van der Waals surface area contributed by atoms with E-state index in [1.165, 1.54) is 24.3 Å². The zero-order valence-electron chi connectivity index (χ0n) is 19.5. The van der Waals surface area contributed by atoms with Crippen LogP contribution in [0.15, 0.2) is 42.5 Å². The van der Waals surface area contributed by atoms with E-state index in [4.69, 9.17) is 14.0 Å². The third kappa shape index (κ3) is 5.19. The van der Waals surface area contributed by atoms with E-state index in [1.54, 1.807) is 39.0 Å². The standard InChI is InChI=1S/C24H29BFNO5/c1-22(2,3)30-21(29)27-17-12-13-18(20(28)15-8-10-16(26)11-9-15)19(14-17)25-31-23(4,5)24(6,7)32-25/h8-14H,1-7H3,(H,27,29). The number of hydrogen-bond acceptors (Lipinski definition) is 5. The monoisotopic (exact) mass is 441 g/mol. The Kier molecular flexibility index (Phi) is 6.24. The summed E-state index contributed by atoms with van der Waals surface area (Å²) in [5, 5.41) is 2.68. The molecule has 32 heavy (non-hydrogen) atoms. The van der Waals surface area contributed by atoms with Crippen LogP contribution in [0.25, 0.3) is 0 Å². The molecule has 8 heteroatoms. The van der Waals surface area contributed by atoms with Crippen molar-refractivity contribution < 1.29 is 28.0 Å². The fourth-order valence-corrected chi connectivity index (χ4v) is 3.19. The van der Waals surface area contributed by atoms with Crippen LogP contribution in [-0.2, 0) is 14.0 Å². The van der Waals surface area contributed by atoms with Gasteiger partial charge in [-0.3, -0.25) is 10.1 Å². The van der Waals surface area contributed by atoms with Crippen LogP contribution >= 0.6 is 0 Å². The van der Waals surface area contributed by atoms with Gasteiger partial charge < -0.3 is 14.0 Å². The van der Waals surface area contributed by atoms with Gasteiger partial charge in [-0.25, -0.2) is 9.18 Å². The number of amides is 1. The molecule has 0 bridgehead atoms. The molecule has 1 N–H and O–H groups in total. The van der Waals surface area contributed by atoms with Gasteiger partial charge in [0.1, 0.15) is 11.4 Å². The highest BCUT2D eigenvalue weighted by Gasteiger charge is 2.52. The van der Waals surface area contributed by atoms with Crippen molar-refractivity contribution in [2.45, 2.75) is 65.3 Å². The topological polar surface area (TPSA) is 73.9 Å². The highest BCUT2D eigenvalue weighted by atomic mass is 19.1. The van der Waals surface area contributed by atoms with Gasteiger partial charge in [0.2, 0.25) is 0 Å². The molecule has 1 heterocycles. The van der Waals surface area contributed by atoms with Gasteiger partial charge in [0.05, 0.1) is 11.2 Å². The predicted octanol–water partition coefficient (Wildman–Crippen LogP) is 4.70. The van der Waals surface area contributed by atoms with Crippen LogP contribution in [-0.4, -0.2) is 35.8 Å². The number of ketones is 1. The van der Waals surface area contributed by atoms with Crippen molar-refractivity contribution >= 4 is 30.1 Å². The summed E-state index contributed by atoms with van der Waals surface area (Å²) < 4.78 is 31.0. The molecule has 0 atom stereocenters. The van der Waals surface area contributed by atoms with E-state index in [-0.39, 0.29) is 5.78 Å². The van der Waals surface area contributed by atoms with Crippen LogP contribution in [0.5, 0.6) is 0 Å². The lowest BCUT2D eigenvalue weighted by Gasteiger charge is -2.32. The number of carbonyl (C=O) groups is 2. The van der Waals surface area contributed by atoms with E-state index in [2.05, 4.69) is 5.32 Å². The molecule has 1 aliphatic heterocycles. The maximum atomic E-state index is 13.3. The van der Waals surface area contributed by atoms with Crippen molar-refractivity contribution in [1.82, 2.24) is 0 Å². The summed E-state index contributed by atoms with van der Waals surface area (Å²) in [6, 6.07) is 10.2. The van der Waals surface area contributed by atoms with Gasteiger partial charge in [0.15, 0.2) is 5.78 Å². The smallest absolute Gasteiger partial charge is 0.444 e. The molecule has 0 unspecified atom stereocenters. The first-order valence-electron chi connectivity index (χ1n) is 10.5. The Hall–Kier alpha value is -2.71.